The zero-order chi connectivity index (χ0) is 15.6. The van der Waals surface area contributed by atoms with E-state index in [1.807, 2.05) is 0 Å². The molecule has 0 aliphatic carbocycles. The molecule has 1 aromatic rings. The van der Waals surface area contributed by atoms with Gasteiger partial charge in [-0.05, 0) is 6.92 Å². The monoisotopic (exact) mass is 295 g/mol. The molecule has 11 heteroatoms. The van der Waals surface area contributed by atoms with E-state index in [4.69, 9.17) is 10.8 Å². The molecule has 0 saturated carbocycles. The standard InChI is InChI=1S/C9H12F3N5O3/c1-8(7(19)20,9(10,11)12)14-6(18)5-4-17(3-2-13)16-15-5/h4H,2-3,13H2,1H3,(H,14,18)(H,19,20). The van der Waals surface area contributed by atoms with E-state index in [0.29, 0.717) is 6.92 Å². The van der Waals surface area contributed by atoms with Gasteiger partial charge in [-0.3, -0.25) is 9.48 Å². The third-order valence-electron chi connectivity index (χ3n) is 2.49. The van der Waals surface area contributed by atoms with Crippen LogP contribution in [0.4, 0.5) is 13.2 Å². The minimum absolute atomic E-state index is 0.194. The van der Waals surface area contributed by atoms with E-state index >= 15 is 0 Å². The molecule has 8 nitrogen and oxygen atoms in total. The number of carbonyl (C=O) groups is 2. The highest BCUT2D eigenvalue weighted by Crippen LogP contribution is 2.30. The van der Waals surface area contributed by atoms with Gasteiger partial charge in [0, 0.05) is 6.54 Å². The molecule has 0 bridgehead atoms. The maximum atomic E-state index is 12.7. The van der Waals surface area contributed by atoms with E-state index in [2.05, 4.69) is 10.3 Å². The summed E-state index contributed by atoms with van der Waals surface area (Å²) in [5, 5.41) is 16.9. The maximum Gasteiger partial charge on any atom is 0.422 e. The topological polar surface area (TPSA) is 123 Å². The van der Waals surface area contributed by atoms with Gasteiger partial charge in [0.05, 0.1) is 12.7 Å². The number of carboxylic acids is 1. The van der Waals surface area contributed by atoms with Crippen LogP contribution >= 0.6 is 0 Å². The van der Waals surface area contributed by atoms with Crippen molar-refractivity contribution >= 4 is 11.9 Å². The molecular formula is C9H12F3N5O3. The first-order chi connectivity index (χ1) is 9.11. The van der Waals surface area contributed by atoms with Gasteiger partial charge in [-0.15, -0.1) is 5.10 Å². The first kappa shape index (κ1) is 15.9. The van der Waals surface area contributed by atoms with Crippen LogP contribution in [0.5, 0.6) is 0 Å². The van der Waals surface area contributed by atoms with E-state index in [0.717, 1.165) is 10.9 Å². The van der Waals surface area contributed by atoms with Crippen LogP contribution in [0.1, 0.15) is 17.4 Å². The number of hydrogen-bond acceptors (Lipinski definition) is 5. The third-order valence-corrected chi connectivity index (χ3v) is 2.49. The molecule has 0 spiro atoms. The van der Waals surface area contributed by atoms with Crippen LogP contribution in [-0.4, -0.2) is 50.2 Å². The van der Waals surface area contributed by atoms with Gasteiger partial charge in [0.1, 0.15) is 0 Å². The summed E-state index contributed by atoms with van der Waals surface area (Å²) in [5.74, 6) is -3.52. The second-order valence-electron chi connectivity index (χ2n) is 4.04. The highest BCUT2D eigenvalue weighted by Gasteiger charge is 2.58. The van der Waals surface area contributed by atoms with Gasteiger partial charge in [-0.25, -0.2) is 4.79 Å². The van der Waals surface area contributed by atoms with Crippen molar-refractivity contribution in [1.29, 1.82) is 0 Å². The van der Waals surface area contributed by atoms with Crippen LogP contribution in [0.25, 0.3) is 0 Å². The summed E-state index contributed by atoms with van der Waals surface area (Å²) in [6.45, 7) is 0.757. The quantitative estimate of drug-likeness (QED) is 0.664. The molecule has 4 N–H and O–H groups in total. The number of halogens is 3. The van der Waals surface area contributed by atoms with E-state index in [1.165, 1.54) is 5.32 Å². The molecule has 1 unspecified atom stereocenters. The second kappa shape index (κ2) is 5.45. The molecule has 0 saturated heterocycles. The first-order valence-corrected chi connectivity index (χ1v) is 5.34. The largest absolute Gasteiger partial charge is 0.479 e. The fraction of sp³-hybridized carbons (Fsp3) is 0.556. The normalized spacial score (nSPS) is 14.7. The number of nitrogens with two attached hydrogens (primary N) is 1. The molecule has 1 heterocycles. The average Bonchev–Trinajstić information content (AvgIpc) is 2.76. The number of nitrogens with one attached hydrogen (secondary N) is 1. The van der Waals surface area contributed by atoms with Crippen molar-refractivity contribution in [2.75, 3.05) is 6.54 Å². The lowest BCUT2D eigenvalue weighted by molar-refractivity contribution is -0.203. The van der Waals surface area contributed by atoms with Gasteiger partial charge in [0.2, 0.25) is 5.54 Å². The number of aliphatic carboxylic acids is 1. The molecule has 0 fully saturated rings. The van der Waals surface area contributed by atoms with Crippen LogP contribution in [0.3, 0.4) is 0 Å². The molecule has 0 radical (unpaired) electrons. The Hall–Kier alpha value is -2.17. The molecule has 1 amide bonds. The summed E-state index contributed by atoms with van der Waals surface area (Å²) in [6, 6.07) is 0. The summed E-state index contributed by atoms with van der Waals surface area (Å²) in [5.41, 5.74) is 1.38. The number of alkyl halides is 3. The maximum absolute atomic E-state index is 12.7. The Morgan fingerprint density at radius 2 is 2.10 bits per heavy atom. The van der Waals surface area contributed by atoms with Crippen molar-refractivity contribution in [3.05, 3.63) is 11.9 Å². The zero-order valence-electron chi connectivity index (χ0n) is 10.3. The Morgan fingerprint density at radius 1 is 1.50 bits per heavy atom. The van der Waals surface area contributed by atoms with Crippen LogP contribution in [0.2, 0.25) is 0 Å². The van der Waals surface area contributed by atoms with Crippen LogP contribution in [0.15, 0.2) is 6.20 Å². The van der Waals surface area contributed by atoms with Crippen molar-refractivity contribution in [2.45, 2.75) is 25.2 Å². The molecule has 0 aromatic carbocycles. The predicted octanol–water partition coefficient (Wildman–Crippen LogP) is -0.628. The Morgan fingerprint density at radius 3 is 2.55 bits per heavy atom. The SMILES string of the molecule is CC(NC(=O)c1cn(CCN)nn1)(C(=O)O)C(F)(F)F. The third kappa shape index (κ3) is 3.04. The molecule has 0 aliphatic heterocycles. The fourth-order valence-electron chi connectivity index (χ4n) is 1.18. The van der Waals surface area contributed by atoms with E-state index < -0.39 is 29.3 Å². The smallest absolute Gasteiger partial charge is 0.422 e. The van der Waals surface area contributed by atoms with Gasteiger partial charge in [0.15, 0.2) is 5.69 Å². The Labute approximate surface area is 110 Å². The summed E-state index contributed by atoms with van der Waals surface area (Å²) < 4.78 is 39.3. The van der Waals surface area contributed by atoms with E-state index in [1.54, 1.807) is 0 Å². The molecule has 112 valence electrons. The van der Waals surface area contributed by atoms with Gasteiger partial charge in [-0.1, -0.05) is 5.21 Å². The molecular weight excluding hydrogens is 283 g/mol. The van der Waals surface area contributed by atoms with Crippen LogP contribution in [0, 0.1) is 0 Å². The van der Waals surface area contributed by atoms with E-state index in [-0.39, 0.29) is 13.1 Å². The highest BCUT2D eigenvalue weighted by molar-refractivity contribution is 5.96. The van der Waals surface area contributed by atoms with Crippen molar-refractivity contribution < 1.29 is 27.9 Å². The zero-order valence-corrected chi connectivity index (χ0v) is 10.3. The number of amides is 1. The molecule has 1 rings (SSSR count). The number of hydrogen-bond donors (Lipinski definition) is 3. The second-order valence-corrected chi connectivity index (χ2v) is 4.04. The minimum Gasteiger partial charge on any atom is -0.479 e. The van der Waals surface area contributed by atoms with Gasteiger partial charge in [0.25, 0.3) is 5.91 Å². The van der Waals surface area contributed by atoms with Crippen molar-refractivity contribution in [2.24, 2.45) is 5.73 Å². The first-order valence-electron chi connectivity index (χ1n) is 5.34. The summed E-state index contributed by atoms with van der Waals surface area (Å²) in [6.07, 6.45) is -4.09. The van der Waals surface area contributed by atoms with Crippen molar-refractivity contribution in [3.8, 4) is 0 Å². The van der Waals surface area contributed by atoms with Gasteiger partial charge < -0.3 is 16.2 Å². The predicted molar refractivity (Wildman–Crippen MR) is 58.6 cm³/mol. The fourth-order valence-corrected chi connectivity index (χ4v) is 1.18. The Kier molecular flexibility index (Phi) is 4.33. The summed E-state index contributed by atoms with van der Waals surface area (Å²) >= 11 is 0. The lowest BCUT2D eigenvalue weighted by Gasteiger charge is -2.28. The summed E-state index contributed by atoms with van der Waals surface area (Å²) in [4.78, 5) is 22.4. The van der Waals surface area contributed by atoms with Crippen LogP contribution in [-0.2, 0) is 11.3 Å². The summed E-state index contributed by atoms with van der Waals surface area (Å²) in [7, 11) is 0. The number of carbonyl (C=O) groups excluding carboxylic acids is 1. The lowest BCUT2D eigenvalue weighted by atomic mass is 10.0. The number of carboxylic acid groups (broad SMARTS) is 1. The number of aromatic nitrogens is 3. The van der Waals surface area contributed by atoms with E-state index in [9.17, 15) is 22.8 Å². The number of rotatable bonds is 5. The average molecular weight is 295 g/mol. The van der Waals surface area contributed by atoms with Crippen molar-refractivity contribution in [1.82, 2.24) is 20.3 Å². The van der Waals surface area contributed by atoms with Crippen LogP contribution < -0.4 is 11.1 Å². The Balaban J connectivity index is 2.94. The molecule has 1 atom stereocenters. The molecule has 1 aromatic heterocycles. The molecule has 0 aliphatic rings. The highest BCUT2D eigenvalue weighted by atomic mass is 19.4. The van der Waals surface area contributed by atoms with Crippen molar-refractivity contribution in [3.63, 3.8) is 0 Å². The van der Waals surface area contributed by atoms with Gasteiger partial charge in [-0.2, -0.15) is 13.2 Å². The lowest BCUT2D eigenvalue weighted by Crippen LogP contribution is -2.61. The van der Waals surface area contributed by atoms with Gasteiger partial charge >= 0.3 is 12.1 Å². The minimum atomic E-state index is -5.16. The number of nitrogens with zero attached hydrogens (tertiary/aromatic N) is 3. The molecule has 20 heavy (non-hydrogen) atoms. The Bertz CT molecular complexity index is 515.